The van der Waals surface area contributed by atoms with Gasteiger partial charge in [0.05, 0.1) is 24.7 Å². The lowest BCUT2D eigenvalue weighted by molar-refractivity contribution is -0.134. The first kappa shape index (κ1) is 15.5. The van der Waals surface area contributed by atoms with Crippen LogP contribution in [0, 0.1) is 5.92 Å². The van der Waals surface area contributed by atoms with Crippen LogP contribution in [0.4, 0.5) is 0 Å². The van der Waals surface area contributed by atoms with Crippen LogP contribution in [-0.4, -0.2) is 40.1 Å². The highest BCUT2D eigenvalue weighted by molar-refractivity contribution is 5.77. The van der Waals surface area contributed by atoms with Crippen molar-refractivity contribution in [1.82, 2.24) is 20.0 Å². The summed E-state index contributed by atoms with van der Waals surface area (Å²) >= 11 is 0. The normalized spacial score (nSPS) is 17.7. The lowest BCUT2D eigenvalue weighted by Crippen LogP contribution is -2.42. The van der Waals surface area contributed by atoms with E-state index in [1.54, 1.807) is 13.2 Å². The Labute approximate surface area is 125 Å². The van der Waals surface area contributed by atoms with E-state index < -0.39 is 0 Å². The van der Waals surface area contributed by atoms with Crippen molar-refractivity contribution in [2.45, 2.75) is 45.7 Å². The molecule has 0 fully saturated rings. The van der Waals surface area contributed by atoms with Gasteiger partial charge in [0, 0.05) is 26.2 Å². The largest absolute Gasteiger partial charge is 0.359 e. The minimum absolute atomic E-state index is 0.0297. The van der Waals surface area contributed by atoms with E-state index in [1.807, 2.05) is 15.6 Å². The molecule has 0 saturated heterocycles. The molecule has 1 aromatic rings. The quantitative estimate of drug-likeness (QED) is 0.890. The standard InChI is InChI=1S/C15H24N4O2/c1-11(2)4-5-15(21)18-9-12-6-7-17-19(12)13(10-18)8-14(20)16-3/h6-7,11,13H,4-5,8-10H2,1-3H3,(H,16,20)/t13-/m0/s1. The Hall–Kier alpha value is -1.85. The number of fused-ring (bicyclic) bond motifs is 1. The Morgan fingerprint density at radius 3 is 2.90 bits per heavy atom. The fraction of sp³-hybridized carbons (Fsp3) is 0.667. The van der Waals surface area contributed by atoms with Crippen LogP contribution < -0.4 is 5.32 Å². The van der Waals surface area contributed by atoms with E-state index in [4.69, 9.17) is 0 Å². The fourth-order valence-corrected chi connectivity index (χ4v) is 2.61. The maximum absolute atomic E-state index is 12.3. The molecule has 0 unspecified atom stereocenters. The second-order valence-electron chi connectivity index (χ2n) is 6.01. The fourth-order valence-electron chi connectivity index (χ4n) is 2.61. The number of carbonyl (C=O) groups excluding carboxylic acids is 2. The lowest BCUT2D eigenvalue weighted by atomic mass is 10.1. The second kappa shape index (κ2) is 6.74. The summed E-state index contributed by atoms with van der Waals surface area (Å²) in [7, 11) is 1.63. The molecular formula is C15H24N4O2. The maximum Gasteiger partial charge on any atom is 0.223 e. The zero-order chi connectivity index (χ0) is 15.4. The Bertz CT molecular complexity index is 510. The topological polar surface area (TPSA) is 67.2 Å². The molecule has 1 atom stereocenters. The van der Waals surface area contributed by atoms with Crippen LogP contribution in [0.2, 0.25) is 0 Å². The van der Waals surface area contributed by atoms with Crippen LogP contribution in [0.3, 0.4) is 0 Å². The van der Waals surface area contributed by atoms with E-state index in [1.165, 1.54) is 0 Å². The zero-order valence-corrected chi connectivity index (χ0v) is 13.0. The molecule has 6 nitrogen and oxygen atoms in total. The van der Waals surface area contributed by atoms with Crippen molar-refractivity contribution in [2.75, 3.05) is 13.6 Å². The molecule has 21 heavy (non-hydrogen) atoms. The van der Waals surface area contributed by atoms with E-state index in [0.29, 0.717) is 31.8 Å². The molecule has 2 rings (SSSR count). The van der Waals surface area contributed by atoms with Crippen molar-refractivity contribution in [3.63, 3.8) is 0 Å². The summed E-state index contributed by atoms with van der Waals surface area (Å²) in [5, 5.41) is 6.93. The van der Waals surface area contributed by atoms with Crippen molar-refractivity contribution >= 4 is 11.8 Å². The number of nitrogens with one attached hydrogen (secondary N) is 1. The van der Waals surface area contributed by atoms with Gasteiger partial charge in [-0.3, -0.25) is 14.3 Å². The van der Waals surface area contributed by atoms with Gasteiger partial charge < -0.3 is 10.2 Å². The highest BCUT2D eigenvalue weighted by Gasteiger charge is 2.29. The van der Waals surface area contributed by atoms with Gasteiger partial charge in [-0.25, -0.2) is 0 Å². The molecule has 0 aliphatic carbocycles. The lowest BCUT2D eigenvalue weighted by Gasteiger charge is -2.33. The van der Waals surface area contributed by atoms with Crippen molar-refractivity contribution in [1.29, 1.82) is 0 Å². The van der Waals surface area contributed by atoms with Gasteiger partial charge in [0.15, 0.2) is 0 Å². The van der Waals surface area contributed by atoms with Crippen LogP contribution >= 0.6 is 0 Å². The summed E-state index contributed by atoms with van der Waals surface area (Å²) in [6.07, 6.45) is 3.54. The van der Waals surface area contributed by atoms with Crippen LogP contribution in [0.15, 0.2) is 12.3 Å². The number of rotatable bonds is 5. The number of amides is 2. The number of aromatic nitrogens is 2. The second-order valence-corrected chi connectivity index (χ2v) is 6.01. The van der Waals surface area contributed by atoms with Gasteiger partial charge in [-0.1, -0.05) is 13.8 Å². The van der Waals surface area contributed by atoms with Crippen LogP contribution in [-0.2, 0) is 16.1 Å². The number of hydrogen-bond donors (Lipinski definition) is 1. The van der Waals surface area contributed by atoms with Crippen LogP contribution in [0.5, 0.6) is 0 Å². The molecule has 6 heteroatoms. The summed E-state index contributed by atoms with van der Waals surface area (Å²) in [6.45, 7) is 5.38. The van der Waals surface area contributed by atoms with Gasteiger partial charge in [0.1, 0.15) is 0 Å². The molecule has 1 N–H and O–H groups in total. The van der Waals surface area contributed by atoms with Crippen LogP contribution in [0.1, 0.15) is 44.8 Å². The SMILES string of the molecule is CNC(=O)C[C@H]1CN(C(=O)CCC(C)C)Cc2ccnn21. The Kier molecular flexibility index (Phi) is 4.98. The molecule has 1 aliphatic rings. The molecule has 0 aromatic carbocycles. The Morgan fingerprint density at radius 1 is 1.48 bits per heavy atom. The van der Waals surface area contributed by atoms with E-state index in [2.05, 4.69) is 24.3 Å². The summed E-state index contributed by atoms with van der Waals surface area (Å²) in [4.78, 5) is 25.8. The first-order chi connectivity index (χ1) is 10.0. The van der Waals surface area contributed by atoms with Crippen molar-refractivity contribution in [3.05, 3.63) is 18.0 Å². The van der Waals surface area contributed by atoms with Gasteiger partial charge in [-0.05, 0) is 18.4 Å². The molecule has 2 heterocycles. The molecule has 116 valence electrons. The van der Waals surface area contributed by atoms with E-state index in [-0.39, 0.29) is 17.9 Å². The van der Waals surface area contributed by atoms with Gasteiger partial charge >= 0.3 is 0 Å². The van der Waals surface area contributed by atoms with Gasteiger partial charge in [-0.2, -0.15) is 5.10 Å². The number of carbonyl (C=O) groups is 2. The zero-order valence-electron chi connectivity index (χ0n) is 13.0. The molecule has 0 saturated carbocycles. The van der Waals surface area contributed by atoms with Crippen LogP contribution in [0.25, 0.3) is 0 Å². The Balaban J connectivity index is 2.07. The minimum atomic E-state index is -0.0771. The van der Waals surface area contributed by atoms with Gasteiger partial charge in [-0.15, -0.1) is 0 Å². The van der Waals surface area contributed by atoms with Gasteiger partial charge in [0.2, 0.25) is 11.8 Å². The summed E-state index contributed by atoms with van der Waals surface area (Å²) in [6, 6.07) is 1.84. The summed E-state index contributed by atoms with van der Waals surface area (Å²) < 4.78 is 1.88. The van der Waals surface area contributed by atoms with E-state index >= 15 is 0 Å². The maximum atomic E-state index is 12.3. The van der Waals surface area contributed by atoms with Crippen molar-refractivity contribution in [3.8, 4) is 0 Å². The first-order valence-electron chi connectivity index (χ1n) is 7.52. The highest BCUT2D eigenvalue weighted by atomic mass is 16.2. The highest BCUT2D eigenvalue weighted by Crippen LogP contribution is 2.24. The van der Waals surface area contributed by atoms with Gasteiger partial charge in [0.25, 0.3) is 0 Å². The smallest absolute Gasteiger partial charge is 0.223 e. The van der Waals surface area contributed by atoms with Crippen molar-refractivity contribution in [2.24, 2.45) is 5.92 Å². The number of hydrogen-bond acceptors (Lipinski definition) is 3. The molecule has 0 radical (unpaired) electrons. The molecule has 1 aliphatic heterocycles. The van der Waals surface area contributed by atoms with E-state index in [0.717, 1.165) is 12.1 Å². The minimum Gasteiger partial charge on any atom is -0.359 e. The Morgan fingerprint density at radius 2 is 2.24 bits per heavy atom. The first-order valence-corrected chi connectivity index (χ1v) is 7.52. The predicted octanol–water partition coefficient (Wildman–Crippen LogP) is 1.34. The molecular weight excluding hydrogens is 268 g/mol. The number of nitrogens with zero attached hydrogens (tertiary/aromatic N) is 3. The monoisotopic (exact) mass is 292 g/mol. The molecule has 2 amide bonds. The molecule has 0 bridgehead atoms. The third-order valence-corrected chi connectivity index (χ3v) is 3.87. The summed E-state index contributed by atoms with van der Waals surface area (Å²) in [5.41, 5.74) is 0.994. The predicted molar refractivity (Wildman–Crippen MR) is 79.4 cm³/mol. The van der Waals surface area contributed by atoms with Crippen molar-refractivity contribution < 1.29 is 9.59 Å². The average Bonchev–Trinajstić information content (AvgIpc) is 2.93. The average molecular weight is 292 g/mol. The molecule has 0 spiro atoms. The third-order valence-electron chi connectivity index (χ3n) is 3.87. The molecule has 1 aromatic heterocycles. The van der Waals surface area contributed by atoms with E-state index in [9.17, 15) is 9.59 Å². The third kappa shape index (κ3) is 3.83. The summed E-state index contributed by atoms with van der Waals surface area (Å²) in [5.74, 6) is 0.655.